The first-order valence-corrected chi connectivity index (χ1v) is 6.47. The molecular formula is C13H16N4O. The largest absolute Gasteiger partial charge is 0.380 e. The Kier molecular flexibility index (Phi) is 2.11. The minimum Gasteiger partial charge on any atom is -0.380 e. The van der Waals surface area contributed by atoms with Crippen molar-refractivity contribution in [3.05, 3.63) is 18.5 Å². The molecule has 0 amide bonds. The summed E-state index contributed by atoms with van der Waals surface area (Å²) in [6, 6.07) is 2.17. The lowest BCUT2D eigenvalue weighted by molar-refractivity contribution is -0.124. The molecule has 0 radical (unpaired) electrons. The van der Waals surface area contributed by atoms with Crippen LogP contribution in [0.3, 0.4) is 0 Å². The van der Waals surface area contributed by atoms with Gasteiger partial charge in [0.2, 0.25) is 0 Å². The van der Waals surface area contributed by atoms with Crippen molar-refractivity contribution in [1.29, 1.82) is 0 Å². The van der Waals surface area contributed by atoms with Crippen LogP contribution in [0.5, 0.6) is 0 Å². The van der Waals surface area contributed by atoms with Crippen molar-refractivity contribution >= 4 is 16.7 Å². The number of piperidine rings is 1. The standard InChI is InChI=1S/C13H16N4O/c1-3-17(4-2-13(1)8-18-9-13)11-5-10-6-15-16-12(10)14-7-11/h5-7H,1-4,8-9H2,(H,14,15,16). The second kappa shape index (κ2) is 3.68. The molecule has 4 heterocycles. The smallest absolute Gasteiger partial charge is 0.155 e. The molecule has 2 saturated heterocycles. The van der Waals surface area contributed by atoms with E-state index in [9.17, 15) is 0 Å². The average Bonchev–Trinajstić information content (AvgIpc) is 2.84. The highest BCUT2D eigenvalue weighted by Gasteiger charge is 2.41. The summed E-state index contributed by atoms with van der Waals surface area (Å²) in [5, 5.41) is 7.98. The molecule has 0 aliphatic carbocycles. The van der Waals surface area contributed by atoms with Crippen LogP contribution in [-0.4, -0.2) is 41.5 Å². The highest BCUT2D eigenvalue weighted by atomic mass is 16.5. The van der Waals surface area contributed by atoms with Gasteiger partial charge in [-0.05, 0) is 18.9 Å². The number of H-pyrrole nitrogens is 1. The first-order valence-electron chi connectivity index (χ1n) is 6.47. The number of aromatic amines is 1. The molecular weight excluding hydrogens is 228 g/mol. The number of nitrogens with zero attached hydrogens (tertiary/aromatic N) is 3. The maximum atomic E-state index is 5.36. The Labute approximate surface area is 105 Å². The summed E-state index contributed by atoms with van der Waals surface area (Å²) in [5.41, 5.74) is 2.56. The van der Waals surface area contributed by atoms with Gasteiger partial charge >= 0.3 is 0 Å². The summed E-state index contributed by atoms with van der Waals surface area (Å²) >= 11 is 0. The maximum absolute atomic E-state index is 5.36. The molecule has 2 aromatic rings. The topological polar surface area (TPSA) is 54.0 Å². The Balaban J connectivity index is 1.56. The Morgan fingerprint density at radius 1 is 1.22 bits per heavy atom. The van der Waals surface area contributed by atoms with E-state index in [-0.39, 0.29) is 0 Å². The van der Waals surface area contributed by atoms with Crippen molar-refractivity contribution in [2.75, 3.05) is 31.2 Å². The summed E-state index contributed by atoms with van der Waals surface area (Å²) in [6.45, 7) is 4.13. The maximum Gasteiger partial charge on any atom is 0.155 e. The number of pyridine rings is 1. The number of hydrogen-bond donors (Lipinski definition) is 1. The van der Waals surface area contributed by atoms with Crippen molar-refractivity contribution in [2.24, 2.45) is 5.41 Å². The molecule has 1 spiro atoms. The molecule has 18 heavy (non-hydrogen) atoms. The van der Waals surface area contributed by atoms with Crippen LogP contribution in [0.1, 0.15) is 12.8 Å². The monoisotopic (exact) mass is 244 g/mol. The number of fused-ring (bicyclic) bond motifs is 1. The van der Waals surface area contributed by atoms with Gasteiger partial charge in [0.15, 0.2) is 5.65 Å². The fraction of sp³-hybridized carbons (Fsp3) is 0.538. The SMILES string of the molecule is c1nc2[nH]ncc2cc1N1CCC2(CC1)COC2. The second-order valence-electron chi connectivity index (χ2n) is 5.48. The number of ether oxygens (including phenoxy) is 1. The molecule has 2 aromatic heterocycles. The van der Waals surface area contributed by atoms with Gasteiger partial charge in [-0.25, -0.2) is 4.98 Å². The molecule has 0 atom stereocenters. The third kappa shape index (κ3) is 1.50. The van der Waals surface area contributed by atoms with Crippen molar-refractivity contribution in [3.8, 4) is 0 Å². The zero-order chi connectivity index (χ0) is 12.0. The molecule has 0 aromatic carbocycles. The summed E-state index contributed by atoms with van der Waals surface area (Å²) < 4.78 is 5.36. The first-order chi connectivity index (χ1) is 8.85. The Hall–Kier alpha value is -1.62. The minimum absolute atomic E-state index is 0.490. The van der Waals surface area contributed by atoms with Gasteiger partial charge in [0.25, 0.3) is 0 Å². The predicted octanol–water partition coefficient (Wildman–Crippen LogP) is 1.57. The Bertz CT molecular complexity index is 565. The van der Waals surface area contributed by atoms with Gasteiger partial charge in [-0.2, -0.15) is 5.10 Å². The normalized spacial score (nSPS) is 22.3. The number of rotatable bonds is 1. The van der Waals surface area contributed by atoms with E-state index in [0.717, 1.165) is 37.3 Å². The molecule has 2 aliphatic rings. The zero-order valence-electron chi connectivity index (χ0n) is 10.2. The molecule has 2 fully saturated rings. The Morgan fingerprint density at radius 2 is 2.06 bits per heavy atom. The molecule has 0 bridgehead atoms. The molecule has 0 unspecified atom stereocenters. The summed E-state index contributed by atoms with van der Waals surface area (Å²) in [4.78, 5) is 6.82. The molecule has 1 N–H and O–H groups in total. The van der Waals surface area contributed by atoms with E-state index in [4.69, 9.17) is 4.74 Å². The third-order valence-corrected chi connectivity index (χ3v) is 4.28. The average molecular weight is 244 g/mol. The van der Waals surface area contributed by atoms with Gasteiger partial charge in [-0.1, -0.05) is 0 Å². The summed E-state index contributed by atoms with van der Waals surface area (Å²) in [7, 11) is 0. The van der Waals surface area contributed by atoms with E-state index in [1.807, 2.05) is 12.4 Å². The molecule has 5 nitrogen and oxygen atoms in total. The van der Waals surface area contributed by atoms with Gasteiger partial charge in [-0.15, -0.1) is 0 Å². The first kappa shape index (κ1) is 10.3. The van der Waals surface area contributed by atoms with Crippen molar-refractivity contribution in [2.45, 2.75) is 12.8 Å². The van der Waals surface area contributed by atoms with Crippen LogP contribution in [0, 0.1) is 5.41 Å². The fourth-order valence-corrected chi connectivity index (χ4v) is 2.92. The van der Waals surface area contributed by atoms with E-state index < -0.39 is 0 Å². The van der Waals surface area contributed by atoms with E-state index in [2.05, 4.69) is 26.1 Å². The van der Waals surface area contributed by atoms with E-state index >= 15 is 0 Å². The van der Waals surface area contributed by atoms with Crippen LogP contribution in [0.2, 0.25) is 0 Å². The number of hydrogen-bond acceptors (Lipinski definition) is 4. The van der Waals surface area contributed by atoms with Crippen LogP contribution in [0.25, 0.3) is 11.0 Å². The fourth-order valence-electron chi connectivity index (χ4n) is 2.92. The number of anilines is 1. The van der Waals surface area contributed by atoms with Crippen molar-refractivity contribution < 1.29 is 4.74 Å². The highest BCUT2D eigenvalue weighted by molar-refractivity contribution is 5.77. The second-order valence-corrected chi connectivity index (χ2v) is 5.48. The lowest BCUT2D eigenvalue weighted by Crippen LogP contribution is -2.50. The zero-order valence-corrected chi connectivity index (χ0v) is 10.2. The van der Waals surface area contributed by atoms with Crippen LogP contribution < -0.4 is 4.90 Å². The quantitative estimate of drug-likeness (QED) is 0.827. The van der Waals surface area contributed by atoms with E-state index in [0.29, 0.717) is 5.41 Å². The molecule has 5 heteroatoms. The van der Waals surface area contributed by atoms with E-state index in [1.54, 1.807) is 0 Å². The molecule has 4 rings (SSSR count). The van der Waals surface area contributed by atoms with Gasteiger partial charge in [0.1, 0.15) is 0 Å². The molecule has 2 aliphatic heterocycles. The van der Waals surface area contributed by atoms with Crippen LogP contribution in [-0.2, 0) is 4.74 Å². The summed E-state index contributed by atoms with van der Waals surface area (Å²) in [5.74, 6) is 0. The van der Waals surface area contributed by atoms with E-state index in [1.165, 1.54) is 18.5 Å². The number of aromatic nitrogens is 3. The third-order valence-electron chi connectivity index (χ3n) is 4.28. The lowest BCUT2D eigenvalue weighted by atomic mass is 9.77. The van der Waals surface area contributed by atoms with Gasteiger partial charge in [-0.3, -0.25) is 5.10 Å². The van der Waals surface area contributed by atoms with Gasteiger partial charge in [0, 0.05) is 23.9 Å². The van der Waals surface area contributed by atoms with Gasteiger partial charge < -0.3 is 9.64 Å². The number of nitrogens with one attached hydrogen (secondary N) is 1. The lowest BCUT2D eigenvalue weighted by Gasteiger charge is -2.47. The van der Waals surface area contributed by atoms with Crippen molar-refractivity contribution in [3.63, 3.8) is 0 Å². The Morgan fingerprint density at radius 3 is 2.78 bits per heavy atom. The highest BCUT2D eigenvalue weighted by Crippen LogP contribution is 2.39. The van der Waals surface area contributed by atoms with Crippen LogP contribution >= 0.6 is 0 Å². The van der Waals surface area contributed by atoms with Crippen LogP contribution in [0.15, 0.2) is 18.5 Å². The molecule has 0 saturated carbocycles. The van der Waals surface area contributed by atoms with Gasteiger partial charge in [0.05, 0.1) is 31.3 Å². The molecule has 94 valence electrons. The minimum atomic E-state index is 0.490. The van der Waals surface area contributed by atoms with Crippen LogP contribution in [0.4, 0.5) is 5.69 Å². The predicted molar refractivity (Wildman–Crippen MR) is 68.6 cm³/mol. The summed E-state index contributed by atoms with van der Waals surface area (Å²) in [6.07, 6.45) is 6.24. The van der Waals surface area contributed by atoms with Crippen molar-refractivity contribution in [1.82, 2.24) is 15.2 Å².